The second-order valence-corrected chi connectivity index (χ2v) is 7.70. The van der Waals surface area contributed by atoms with Crippen LogP contribution in [0.4, 0.5) is 5.95 Å². The Morgan fingerprint density at radius 2 is 2.00 bits per heavy atom. The summed E-state index contributed by atoms with van der Waals surface area (Å²) in [5, 5.41) is 13.9. The fourth-order valence-electron chi connectivity index (χ4n) is 3.10. The highest BCUT2D eigenvalue weighted by atomic mass is 16.5. The molecule has 3 aromatic rings. The molecule has 0 aliphatic carbocycles. The number of nitrogens with zero attached hydrogens (tertiary/aromatic N) is 3. The Balaban J connectivity index is 1.89. The van der Waals surface area contributed by atoms with Crippen LogP contribution in [0.5, 0.6) is 5.75 Å². The van der Waals surface area contributed by atoms with Crippen molar-refractivity contribution < 1.29 is 9.84 Å². The summed E-state index contributed by atoms with van der Waals surface area (Å²) in [4.78, 5) is 31.2. The van der Waals surface area contributed by atoms with Crippen LogP contribution in [0.1, 0.15) is 31.4 Å². The van der Waals surface area contributed by atoms with Gasteiger partial charge in [0.2, 0.25) is 5.95 Å². The Kier molecular flexibility index (Phi) is 6.31. The Bertz CT molecular complexity index is 1160. The van der Waals surface area contributed by atoms with E-state index >= 15 is 0 Å². The lowest BCUT2D eigenvalue weighted by Crippen LogP contribution is -2.31. The van der Waals surface area contributed by atoms with E-state index in [2.05, 4.69) is 15.3 Å². The van der Waals surface area contributed by atoms with Crippen LogP contribution in [0, 0.1) is 13.8 Å². The van der Waals surface area contributed by atoms with Gasteiger partial charge in [-0.25, -0.2) is 4.79 Å². The minimum atomic E-state index is -0.891. The molecule has 30 heavy (non-hydrogen) atoms. The van der Waals surface area contributed by atoms with E-state index in [-0.39, 0.29) is 30.4 Å². The number of aromatic nitrogens is 4. The fourth-order valence-corrected chi connectivity index (χ4v) is 3.10. The van der Waals surface area contributed by atoms with E-state index < -0.39 is 17.4 Å². The lowest BCUT2D eigenvalue weighted by molar-refractivity contribution is 0.0937. The van der Waals surface area contributed by atoms with Crippen molar-refractivity contribution in [2.24, 2.45) is 7.05 Å². The van der Waals surface area contributed by atoms with Crippen LogP contribution in [-0.4, -0.2) is 43.0 Å². The molecular weight excluding hydrogens is 386 g/mol. The molecule has 2 heterocycles. The quantitative estimate of drug-likeness (QED) is 0.516. The highest BCUT2D eigenvalue weighted by Crippen LogP contribution is 2.19. The summed E-state index contributed by atoms with van der Waals surface area (Å²) in [5.74, 6) is 1.10. The molecule has 0 amide bonds. The average Bonchev–Trinajstić information content (AvgIpc) is 3.05. The number of ether oxygens (including phenoxy) is 1. The highest BCUT2D eigenvalue weighted by Gasteiger charge is 2.20. The monoisotopic (exact) mass is 415 g/mol. The van der Waals surface area contributed by atoms with Crippen molar-refractivity contribution in [1.29, 1.82) is 0 Å². The maximum absolute atomic E-state index is 12.5. The van der Waals surface area contributed by atoms with E-state index in [1.807, 2.05) is 45.9 Å². The molecule has 3 rings (SSSR count). The number of fused-ring (bicyclic) bond motifs is 1. The molecule has 0 aliphatic heterocycles. The van der Waals surface area contributed by atoms with Crippen LogP contribution < -0.4 is 21.3 Å². The largest absolute Gasteiger partial charge is 0.491 e. The molecule has 1 aromatic carbocycles. The molecule has 2 atom stereocenters. The van der Waals surface area contributed by atoms with Crippen molar-refractivity contribution in [2.75, 3.05) is 11.9 Å². The highest BCUT2D eigenvalue weighted by molar-refractivity contribution is 5.74. The smallest absolute Gasteiger partial charge is 0.329 e. The fraction of sp³-hybridized carbons (Fsp3) is 0.476. The molecule has 0 fully saturated rings. The summed E-state index contributed by atoms with van der Waals surface area (Å²) < 4.78 is 8.62. The van der Waals surface area contributed by atoms with Crippen molar-refractivity contribution in [3.8, 4) is 5.75 Å². The Morgan fingerprint density at radius 1 is 1.27 bits per heavy atom. The van der Waals surface area contributed by atoms with Crippen molar-refractivity contribution in [2.45, 2.75) is 52.8 Å². The van der Waals surface area contributed by atoms with Crippen LogP contribution in [0.25, 0.3) is 11.2 Å². The maximum Gasteiger partial charge on any atom is 0.329 e. The summed E-state index contributed by atoms with van der Waals surface area (Å²) in [6, 6.07) is 5.85. The Hall–Kier alpha value is -3.07. The zero-order chi connectivity index (χ0) is 22.0. The van der Waals surface area contributed by atoms with Gasteiger partial charge in [-0.1, -0.05) is 13.0 Å². The van der Waals surface area contributed by atoms with E-state index in [1.165, 1.54) is 10.1 Å². The maximum atomic E-state index is 12.5. The summed E-state index contributed by atoms with van der Waals surface area (Å²) in [6.07, 6.45) is -0.0464. The van der Waals surface area contributed by atoms with Gasteiger partial charge in [0, 0.05) is 13.1 Å². The average molecular weight is 415 g/mol. The van der Waals surface area contributed by atoms with Gasteiger partial charge in [-0.05, 0) is 50.5 Å². The van der Waals surface area contributed by atoms with Crippen molar-refractivity contribution >= 4 is 17.1 Å². The first-order chi connectivity index (χ1) is 14.2. The number of hydrogen-bond acceptors (Lipinski definition) is 6. The predicted molar refractivity (Wildman–Crippen MR) is 116 cm³/mol. The minimum absolute atomic E-state index is 0.0502. The van der Waals surface area contributed by atoms with Gasteiger partial charge in [-0.3, -0.25) is 14.3 Å². The second kappa shape index (κ2) is 8.74. The summed E-state index contributed by atoms with van der Waals surface area (Å²) >= 11 is 0. The number of imidazole rings is 1. The van der Waals surface area contributed by atoms with E-state index in [1.54, 1.807) is 11.6 Å². The summed E-state index contributed by atoms with van der Waals surface area (Å²) in [5.41, 5.74) is 1.68. The second-order valence-electron chi connectivity index (χ2n) is 7.70. The molecule has 3 N–H and O–H groups in total. The third kappa shape index (κ3) is 4.40. The molecule has 0 aliphatic rings. The Morgan fingerprint density at radius 3 is 2.67 bits per heavy atom. The number of H-pyrrole nitrogens is 1. The van der Waals surface area contributed by atoms with Crippen LogP contribution in [0.2, 0.25) is 0 Å². The molecule has 2 aromatic heterocycles. The lowest BCUT2D eigenvalue weighted by atomic mass is 10.1. The number of hydrogen-bond donors (Lipinski definition) is 3. The molecule has 9 nitrogen and oxygen atoms in total. The van der Waals surface area contributed by atoms with Gasteiger partial charge < -0.3 is 19.7 Å². The van der Waals surface area contributed by atoms with Crippen molar-refractivity contribution in [1.82, 2.24) is 19.1 Å². The van der Waals surface area contributed by atoms with Gasteiger partial charge in [-0.2, -0.15) is 4.98 Å². The van der Waals surface area contributed by atoms with Gasteiger partial charge in [0.05, 0.1) is 6.54 Å². The molecule has 0 unspecified atom stereocenters. The van der Waals surface area contributed by atoms with Crippen molar-refractivity contribution in [3.63, 3.8) is 0 Å². The van der Waals surface area contributed by atoms with Crippen LogP contribution in [0.15, 0.2) is 27.8 Å². The molecule has 0 spiro atoms. The van der Waals surface area contributed by atoms with Gasteiger partial charge in [0.15, 0.2) is 11.2 Å². The molecule has 0 saturated heterocycles. The normalized spacial score (nSPS) is 13.4. The minimum Gasteiger partial charge on any atom is -0.491 e. The zero-order valence-electron chi connectivity index (χ0n) is 18.0. The number of aliphatic hydroxyl groups excluding tert-OH is 1. The number of benzene rings is 1. The topological polar surface area (TPSA) is 114 Å². The first-order valence-electron chi connectivity index (χ1n) is 10.1. The molecule has 9 heteroatoms. The van der Waals surface area contributed by atoms with E-state index in [0.29, 0.717) is 11.7 Å². The third-order valence-corrected chi connectivity index (χ3v) is 5.31. The number of nitrogens with one attached hydrogen (secondary N) is 2. The number of aliphatic hydroxyl groups is 1. The molecule has 0 radical (unpaired) electrons. The Labute approximate surface area is 174 Å². The number of aromatic amines is 1. The van der Waals surface area contributed by atoms with Gasteiger partial charge in [0.1, 0.15) is 18.5 Å². The summed E-state index contributed by atoms with van der Waals surface area (Å²) in [7, 11) is 1.55. The first kappa shape index (κ1) is 21.6. The number of aryl methyl sites for hydroxylation is 3. The molecule has 162 valence electrons. The molecule has 0 saturated carbocycles. The van der Waals surface area contributed by atoms with Gasteiger partial charge in [0.25, 0.3) is 5.56 Å². The SMILES string of the molecule is CC[C@@H](C)Nc1nc2c(c(=O)[nH]c(=O)n2C)n1C[C@@H](O)COc1ccc(C)c(C)c1. The first-order valence-corrected chi connectivity index (χ1v) is 10.1. The lowest BCUT2D eigenvalue weighted by Gasteiger charge is -2.18. The molecular formula is C21H29N5O4. The van der Waals surface area contributed by atoms with E-state index in [9.17, 15) is 14.7 Å². The van der Waals surface area contributed by atoms with E-state index in [4.69, 9.17) is 4.74 Å². The number of rotatable bonds is 8. The molecule has 0 bridgehead atoms. The standard InChI is InChI=1S/C21H29N5O4/c1-6-14(4)22-20-23-18-17(19(28)24-21(29)25(18)5)26(20)10-15(27)11-30-16-8-7-12(2)13(3)9-16/h7-9,14-15,27H,6,10-11H2,1-5H3,(H,22,23)(H,24,28,29)/t14-,15-/m1/s1. The van der Waals surface area contributed by atoms with Crippen LogP contribution in [0.3, 0.4) is 0 Å². The van der Waals surface area contributed by atoms with E-state index in [0.717, 1.165) is 12.0 Å². The van der Waals surface area contributed by atoms with Crippen LogP contribution >= 0.6 is 0 Å². The van der Waals surface area contributed by atoms with Crippen molar-refractivity contribution in [3.05, 3.63) is 50.2 Å². The van der Waals surface area contributed by atoms with Crippen LogP contribution in [-0.2, 0) is 13.6 Å². The third-order valence-electron chi connectivity index (χ3n) is 5.31. The number of anilines is 1. The van der Waals surface area contributed by atoms with Gasteiger partial charge >= 0.3 is 5.69 Å². The van der Waals surface area contributed by atoms with Gasteiger partial charge in [-0.15, -0.1) is 0 Å². The summed E-state index contributed by atoms with van der Waals surface area (Å²) in [6.45, 7) is 8.18. The zero-order valence-corrected chi connectivity index (χ0v) is 18.0. The predicted octanol–water partition coefficient (Wildman–Crippen LogP) is 1.69.